The van der Waals surface area contributed by atoms with Crippen molar-refractivity contribution in [1.82, 2.24) is 0 Å². The molecule has 1 aliphatic rings. The zero-order chi connectivity index (χ0) is 3.54. The maximum atomic E-state index is 2.99. The van der Waals surface area contributed by atoms with Gasteiger partial charge in [0, 0.05) is 32.7 Å². The topological polar surface area (TPSA) is 0 Å². The van der Waals surface area contributed by atoms with Gasteiger partial charge in [0.15, 0.2) is 0 Å². The molecule has 0 amide bonds. The number of hydrogen-bond donors (Lipinski definition) is 0. The van der Waals surface area contributed by atoms with Crippen molar-refractivity contribution in [2.45, 2.75) is 6.42 Å². The smallest absolute Gasteiger partial charge is 0 e. The summed E-state index contributed by atoms with van der Waals surface area (Å²) in [7, 11) is 0. The van der Waals surface area contributed by atoms with Gasteiger partial charge in [-0.15, -0.1) is 6.42 Å². The molecular formula is C8H14Y-4. The largest absolute Gasteiger partial charge is 0.358 e. The monoisotopic (exact) mass is 199 g/mol. The molecule has 1 rings (SSSR count). The summed E-state index contributed by atoms with van der Waals surface area (Å²) in [6, 6.07) is 0. The Morgan fingerprint density at radius 1 is 1.11 bits per heavy atom. The third-order valence-corrected chi connectivity index (χ3v) is 0.586. The average Bonchev–Trinajstić information content (AvgIpc) is 1.76. The van der Waals surface area contributed by atoms with Crippen LogP contribution >= 0.6 is 0 Å². The summed E-state index contributed by atoms with van der Waals surface area (Å²) in [5.74, 6) is 0. The minimum atomic E-state index is 0. The standard InChI is InChI=1S/C5H5.3CH3.Y/c1-2-4-5-3-1;;;;/h1-3H,4H2;3*1H3;/q4*-1;. The van der Waals surface area contributed by atoms with E-state index in [2.05, 4.69) is 12.2 Å². The van der Waals surface area contributed by atoms with Gasteiger partial charge in [0.1, 0.15) is 0 Å². The molecule has 0 nitrogen and oxygen atoms in total. The second kappa shape index (κ2) is 15.8. The van der Waals surface area contributed by atoms with Crippen LogP contribution in [-0.4, -0.2) is 0 Å². The normalized spacial score (nSPS) is 9.78. The van der Waals surface area contributed by atoms with Gasteiger partial charge in [0.05, 0.1) is 0 Å². The van der Waals surface area contributed by atoms with Crippen molar-refractivity contribution in [3.63, 3.8) is 0 Å². The van der Waals surface area contributed by atoms with Crippen LogP contribution in [0.4, 0.5) is 0 Å². The molecule has 0 aliphatic heterocycles. The SMILES string of the molecule is [C-]1=CC=CC1.[CH3-].[CH3-].[CH3-].[Y]. The molecule has 0 spiro atoms. The van der Waals surface area contributed by atoms with E-state index in [1.54, 1.807) is 0 Å². The summed E-state index contributed by atoms with van der Waals surface area (Å²) in [6.45, 7) is 0. The van der Waals surface area contributed by atoms with Gasteiger partial charge in [-0.05, 0) is 0 Å². The van der Waals surface area contributed by atoms with E-state index in [1.807, 2.05) is 12.2 Å². The number of rotatable bonds is 0. The maximum absolute atomic E-state index is 2.99. The fraction of sp³-hybridized carbons (Fsp3) is 0.125. The Bertz CT molecular complexity index is 62.6. The van der Waals surface area contributed by atoms with Crippen LogP contribution in [0.25, 0.3) is 0 Å². The summed E-state index contributed by atoms with van der Waals surface area (Å²) in [4.78, 5) is 0. The van der Waals surface area contributed by atoms with Gasteiger partial charge in [0.2, 0.25) is 0 Å². The van der Waals surface area contributed by atoms with Crippen molar-refractivity contribution in [3.05, 3.63) is 46.6 Å². The zero-order valence-corrected chi connectivity index (χ0v) is 9.35. The second-order valence-electron chi connectivity index (χ2n) is 1.00. The molecule has 9 heavy (non-hydrogen) atoms. The molecule has 0 saturated heterocycles. The van der Waals surface area contributed by atoms with E-state index < -0.39 is 0 Å². The van der Waals surface area contributed by atoms with E-state index in [0.29, 0.717) is 0 Å². The average molecular weight is 199 g/mol. The molecule has 0 fully saturated rings. The van der Waals surface area contributed by atoms with E-state index in [1.165, 1.54) is 0 Å². The van der Waals surface area contributed by atoms with Crippen molar-refractivity contribution in [1.29, 1.82) is 0 Å². The summed E-state index contributed by atoms with van der Waals surface area (Å²) < 4.78 is 0. The Balaban J connectivity index is -0.0000000312. The summed E-state index contributed by atoms with van der Waals surface area (Å²) in [5, 5.41) is 0. The third-order valence-electron chi connectivity index (χ3n) is 0.586. The van der Waals surface area contributed by atoms with Crippen LogP contribution in [0.2, 0.25) is 0 Å². The second-order valence-corrected chi connectivity index (χ2v) is 1.00. The molecule has 0 N–H and O–H groups in total. The first-order valence-electron chi connectivity index (χ1n) is 1.72. The van der Waals surface area contributed by atoms with E-state index >= 15 is 0 Å². The molecular weight excluding hydrogens is 185 g/mol. The Kier molecular flexibility index (Phi) is 39.8. The zero-order valence-electron chi connectivity index (χ0n) is 6.52. The van der Waals surface area contributed by atoms with Crippen LogP contribution in [0.5, 0.6) is 0 Å². The van der Waals surface area contributed by atoms with E-state index in [0.717, 1.165) is 6.42 Å². The van der Waals surface area contributed by atoms with Crippen LogP contribution < -0.4 is 0 Å². The fourth-order valence-corrected chi connectivity index (χ4v) is 0.340. The molecule has 0 unspecified atom stereocenters. The van der Waals surface area contributed by atoms with Crippen LogP contribution in [0, 0.1) is 28.4 Å². The van der Waals surface area contributed by atoms with Crippen molar-refractivity contribution < 1.29 is 32.7 Å². The quantitative estimate of drug-likeness (QED) is 0.526. The van der Waals surface area contributed by atoms with Crippen LogP contribution in [0.15, 0.2) is 18.2 Å². The van der Waals surface area contributed by atoms with Gasteiger partial charge in [0.25, 0.3) is 0 Å². The van der Waals surface area contributed by atoms with Gasteiger partial charge in [-0.3, -0.25) is 6.08 Å². The predicted octanol–water partition coefficient (Wildman–Crippen LogP) is 2.65. The minimum absolute atomic E-state index is 0. The van der Waals surface area contributed by atoms with Crippen LogP contribution in [0.1, 0.15) is 6.42 Å². The molecule has 0 atom stereocenters. The molecule has 1 radical (unpaired) electrons. The molecule has 1 heteroatoms. The van der Waals surface area contributed by atoms with Gasteiger partial charge >= 0.3 is 0 Å². The summed E-state index contributed by atoms with van der Waals surface area (Å²) in [5.41, 5.74) is 0. The predicted molar refractivity (Wildman–Crippen MR) is 40.8 cm³/mol. The molecule has 0 heterocycles. The molecule has 0 saturated carbocycles. The molecule has 0 aromatic rings. The Labute approximate surface area is 85.3 Å². The first-order chi connectivity index (χ1) is 2.50. The fourth-order valence-electron chi connectivity index (χ4n) is 0.340. The van der Waals surface area contributed by atoms with E-state index in [-0.39, 0.29) is 55.0 Å². The Morgan fingerprint density at radius 2 is 1.67 bits per heavy atom. The van der Waals surface area contributed by atoms with Crippen molar-refractivity contribution in [2.75, 3.05) is 0 Å². The molecule has 53 valence electrons. The van der Waals surface area contributed by atoms with Gasteiger partial charge in [-0.25, -0.2) is 12.2 Å². The van der Waals surface area contributed by atoms with Gasteiger partial charge in [-0.1, -0.05) is 0 Å². The first kappa shape index (κ1) is 22.6. The van der Waals surface area contributed by atoms with E-state index in [4.69, 9.17) is 0 Å². The van der Waals surface area contributed by atoms with Crippen LogP contribution in [0.3, 0.4) is 0 Å². The first-order valence-corrected chi connectivity index (χ1v) is 1.72. The van der Waals surface area contributed by atoms with Gasteiger partial charge < -0.3 is 22.3 Å². The summed E-state index contributed by atoms with van der Waals surface area (Å²) >= 11 is 0. The number of hydrogen-bond acceptors (Lipinski definition) is 0. The third kappa shape index (κ3) is 11.9. The van der Waals surface area contributed by atoms with Crippen molar-refractivity contribution in [3.8, 4) is 0 Å². The molecule has 0 bridgehead atoms. The van der Waals surface area contributed by atoms with Crippen molar-refractivity contribution >= 4 is 0 Å². The molecule has 0 aromatic carbocycles. The van der Waals surface area contributed by atoms with E-state index in [9.17, 15) is 0 Å². The minimum Gasteiger partial charge on any atom is -0.358 e. The van der Waals surface area contributed by atoms with Crippen LogP contribution in [-0.2, 0) is 32.7 Å². The summed E-state index contributed by atoms with van der Waals surface area (Å²) in [6.07, 6.45) is 10.0. The Morgan fingerprint density at radius 3 is 1.78 bits per heavy atom. The number of allylic oxidation sites excluding steroid dienone is 4. The van der Waals surface area contributed by atoms with Gasteiger partial charge in [-0.2, -0.15) is 6.08 Å². The molecule has 1 aliphatic carbocycles. The Hall–Kier alpha value is 0.584. The maximum Gasteiger partial charge on any atom is 0 e. The molecule has 0 aromatic heterocycles. The van der Waals surface area contributed by atoms with Crippen molar-refractivity contribution in [2.24, 2.45) is 0 Å².